The van der Waals surface area contributed by atoms with Crippen LogP contribution in [0, 0.1) is 0 Å². The van der Waals surface area contributed by atoms with Gasteiger partial charge in [-0.15, -0.1) is 24.8 Å². The zero-order valence-corrected chi connectivity index (χ0v) is 9.75. The number of benzene rings is 1. The average molecular weight is 283 g/mol. The van der Waals surface area contributed by atoms with Crippen LogP contribution in [-0.4, -0.2) is 33.2 Å². The molecule has 0 saturated heterocycles. The second-order valence-corrected chi connectivity index (χ2v) is 2.68. The van der Waals surface area contributed by atoms with Crippen molar-refractivity contribution in [3.05, 3.63) is 34.9 Å². The average Bonchev–Trinajstić information content (AvgIpc) is 2.16. The maximum atomic E-state index is 10.6. The SMILES string of the molecule is Cl.Cl.O=C(O)c1ccc(C(=O)O)c(C(=O)O)c1. The van der Waals surface area contributed by atoms with Crippen molar-refractivity contribution in [3.63, 3.8) is 0 Å². The van der Waals surface area contributed by atoms with Crippen LogP contribution in [0.5, 0.6) is 0 Å². The van der Waals surface area contributed by atoms with E-state index in [0.29, 0.717) is 0 Å². The fourth-order valence-electron chi connectivity index (χ4n) is 1.04. The molecule has 0 amide bonds. The molecule has 0 aliphatic carbocycles. The standard InChI is InChI=1S/C9H6O6.2ClH/c10-7(11)4-1-2-5(8(12)13)6(3-4)9(14)15;;/h1-3H,(H,10,11)(H,12,13)(H,14,15);2*1H. The lowest BCUT2D eigenvalue weighted by molar-refractivity contribution is 0.0649. The van der Waals surface area contributed by atoms with Crippen molar-refractivity contribution in [2.45, 2.75) is 0 Å². The fraction of sp³-hybridized carbons (Fsp3) is 0. The van der Waals surface area contributed by atoms with Gasteiger partial charge in [0.2, 0.25) is 0 Å². The second kappa shape index (κ2) is 6.72. The number of carboxylic acids is 3. The minimum atomic E-state index is -1.48. The van der Waals surface area contributed by atoms with Crippen LogP contribution in [0.2, 0.25) is 0 Å². The van der Waals surface area contributed by atoms with Gasteiger partial charge < -0.3 is 15.3 Å². The minimum Gasteiger partial charge on any atom is -0.478 e. The Hall–Kier alpha value is -1.79. The number of hydrogen-bond donors (Lipinski definition) is 3. The van der Waals surface area contributed by atoms with Crippen LogP contribution in [0.1, 0.15) is 31.1 Å². The normalized spacial score (nSPS) is 8.47. The summed E-state index contributed by atoms with van der Waals surface area (Å²) >= 11 is 0. The number of hydrogen-bond acceptors (Lipinski definition) is 3. The Kier molecular flexibility index (Phi) is 6.96. The third-order valence-electron chi connectivity index (χ3n) is 1.73. The van der Waals surface area contributed by atoms with Gasteiger partial charge in [-0.1, -0.05) is 0 Å². The van der Waals surface area contributed by atoms with E-state index in [9.17, 15) is 14.4 Å². The van der Waals surface area contributed by atoms with Crippen molar-refractivity contribution >= 4 is 42.7 Å². The largest absolute Gasteiger partial charge is 0.478 e. The predicted molar refractivity (Wildman–Crippen MR) is 61.8 cm³/mol. The molecule has 6 nitrogen and oxygen atoms in total. The van der Waals surface area contributed by atoms with E-state index in [1.165, 1.54) is 0 Å². The topological polar surface area (TPSA) is 112 Å². The Morgan fingerprint density at radius 1 is 0.765 bits per heavy atom. The van der Waals surface area contributed by atoms with Gasteiger partial charge in [0.05, 0.1) is 16.7 Å². The third kappa shape index (κ3) is 3.93. The van der Waals surface area contributed by atoms with E-state index in [4.69, 9.17) is 15.3 Å². The van der Waals surface area contributed by atoms with Crippen molar-refractivity contribution in [2.24, 2.45) is 0 Å². The summed E-state index contributed by atoms with van der Waals surface area (Å²) < 4.78 is 0. The molecule has 0 aliphatic rings. The molecule has 0 aliphatic heterocycles. The second-order valence-electron chi connectivity index (χ2n) is 2.68. The zero-order valence-electron chi connectivity index (χ0n) is 8.11. The van der Waals surface area contributed by atoms with Crippen molar-refractivity contribution in [1.29, 1.82) is 0 Å². The first-order valence-electron chi connectivity index (χ1n) is 3.77. The molecule has 0 fully saturated rings. The van der Waals surface area contributed by atoms with Crippen molar-refractivity contribution < 1.29 is 29.7 Å². The van der Waals surface area contributed by atoms with Gasteiger partial charge in [-0.2, -0.15) is 0 Å². The molecule has 0 bridgehead atoms. The number of rotatable bonds is 3. The first-order chi connectivity index (χ1) is 6.93. The molecule has 0 unspecified atom stereocenters. The summed E-state index contributed by atoms with van der Waals surface area (Å²) in [6.45, 7) is 0. The lowest BCUT2D eigenvalue weighted by atomic mass is 10.0. The number of aromatic carboxylic acids is 3. The van der Waals surface area contributed by atoms with Crippen LogP contribution in [0.3, 0.4) is 0 Å². The summed E-state index contributed by atoms with van der Waals surface area (Å²) in [6, 6.07) is 2.81. The van der Waals surface area contributed by atoms with Crippen LogP contribution < -0.4 is 0 Å². The maximum absolute atomic E-state index is 10.6. The van der Waals surface area contributed by atoms with Crippen LogP contribution in [0.15, 0.2) is 18.2 Å². The van der Waals surface area contributed by atoms with E-state index in [2.05, 4.69) is 0 Å². The summed E-state index contributed by atoms with van der Waals surface area (Å²) in [4.78, 5) is 31.8. The lowest BCUT2D eigenvalue weighted by Crippen LogP contribution is -2.10. The van der Waals surface area contributed by atoms with Gasteiger partial charge in [0.15, 0.2) is 0 Å². The molecular formula is C9H8Cl2O6. The summed E-state index contributed by atoms with van der Waals surface area (Å²) in [5.74, 6) is -4.20. The van der Waals surface area contributed by atoms with Crippen LogP contribution in [0.4, 0.5) is 0 Å². The van der Waals surface area contributed by atoms with E-state index in [-0.39, 0.29) is 30.4 Å². The summed E-state index contributed by atoms with van der Waals surface area (Å²) in [6.07, 6.45) is 0. The molecule has 0 spiro atoms. The molecule has 1 rings (SSSR count). The summed E-state index contributed by atoms with van der Waals surface area (Å²) in [5.41, 5.74) is -1.24. The molecule has 8 heteroatoms. The first kappa shape index (κ1) is 17.6. The van der Waals surface area contributed by atoms with Crippen molar-refractivity contribution in [3.8, 4) is 0 Å². The van der Waals surface area contributed by atoms with Crippen molar-refractivity contribution in [1.82, 2.24) is 0 Å². The van der Waals surface area contributed by atoms with E-state index in [1.807, 2.05) is 0 Å². The summed E-state index contributed by atoms with van der Waals surface area (Å²) in [5, 5.41) is 25.9. The quantitative estimate of drug-likeness (QED) is 0.777. The maximum Gasteiger partial charge on any atom is 0.336 e. The number of halogens is 2. The Balaban J connectivity index is 0. The van der Waals surface area contributed by atoms with E-state index >= 15 is 0 Å². The van der Waals surface area contributed by atoms with Gasteiger partial charge >= 0.3 is 17.9 Å². The fourth-order valence-corrected chi connectivity index (χ4v) is 1.04. The minimum absolute atomic E-state index is 0. The monoisotopic (exact) mass is 282 g/mol. The number of carboxylic acid groups (broad SMARTS) is 3. The van der Waals surface area contributed by atoms with Crippen LogP contribution in [-0.2, 0) is 0 Å². The molecule has 0 saturated carbocycles. The molecule has 1 aromatic carbocycles. The zero-order chi connectivity index (χ0) is 11.6. The molecule has 0 atom stereocenters. The Morgan fingerprint density at radius 2 is 1.24 bits per heavy atom. The highest BCUT2D eigenvalue weighted by Crippen LogP contribution is 2.12. The van der Waals surface area contributed by atoms with Gasteiger partial charge in [0.1, 0.15) is 0 Å². The van der Waals surface area contributed by atoms with E-state index < -0.39 is 29.0 Å². The predicted octanol–water partition coefficient (Wildman–Crippen LogP) is 1.62. The number of carbonyl (C=O) groups is 3. The smallest absolute Gasteiger partial charge is 0.336 e. The molecule has 17 heavy (non-hydrogen) atoms. The van der Waals surface area contributed by atoms with Gasteiger partial charge in [-0.3, -0.25) is 0 Å². The van der Waals surface area contributed by atoms with E-state index in [1.54, 1.807) is 0 Å². The highest BCUT2D eigenvalue weighted by Gasteiger charge is 2.17. The first-order valence-corrected chi connectivity index (χ1v) is 3.77. The van der Waals surface area contributed by atoms with Gasteiger partial charge in [-0.25, -0.2) is 14.4 Å². The molecule has 94 valence electrons. The Morgan fingerprint density at radius 3 is 1.59 bits per heavy atom. The third-order valence-corrected chi connectivity index (χ3v) is 1.73. The Labute approximate surface area is 108 Å². The van der Waals surface area contributed by atoms with Gasteiger partial charge in [0, 0.05) is 0 Å². The van der Waals surface area contributed by atoms with Gasteiger partial charge in [-0.05, 0) is 18.2 Å². The van der Waals surface area contributed by atoms with Gasteiger partial charge in [0.25, 0.3) is 0 Å². The molecular weight excluding hydrogens is 275 g/mol. The van der Waals surface area contributed by atoms with E-state index in [0.717, 1.165) is 18.2 Å². The van der Waals surface area contributed by atoms with Crippen LogP contribution in [0.25, 0.3) is 0 Å². The molecule has 0 radical (unpaired) electrons. The molecule has 0 aromatic heterocycles. The molecule has 0 heterocycles. The highest BCUT2D eigenvalue weighted by atomic mass is 35.5. The highest BCUT2D eigenvalue weighted by molar-refractivity contribution is 6.03. The Bertz CT molecular complexity index is 457. The van der Waals surface area contributed by atoms with Crippen molar-refractivity contribution in [2.75, 3.05) is 0 Å². The summed E-state index contributed by atoms with van der Waals surface area (Å²) in [7, 11) is 0. The molecule has 3 N–H and O–H groups in total. The van der Waals surface area contributed by atoms with Crippen LogP contribution >= 0.6 is 24.8 Å². The lowest BCUT2D eigenvalue weighted by Gasteiger charge is -2.02. The molecule has 1 aromatic rings.